The number of rotatable bonds is 2. The van der Waals surface area contributed by atoms with E-state index in [9.17, 15) is 13.2 Å². The molecule has 1 unspecified atom stereocenters. The highest BCUT2D eigenvalue weighted by atomic mass is 35.6. The summed E-state index contributed by atoms with van der Waals surface area (Å²) in [5.74, 6) is -1.12. The van der Waals surface area contributed by atoms with Crippen LogP contribution in [0.25, 0.3) is 0 Å². The lowest BCUT2D eigenvalue weighted by molar-refractivity contribution is -0.118. The van der Waals surface area contributed by atoms with Crippen molar-refractivity contribution >= 4 is 67.8 Å². The van der Waals surface area contributed by atoms with Crippen molar-refractivity contribution in [2.75, 3.05) is 10.7 Å². The molecule has 0 aliphatic carbocycles. The molecule has 4 nitrogen and oxygen atoms in total. The highest BCUT2D eigenvalue weighted by molar-refractivity contribution is 7.94. The van der Waals surface area contributed by atoms with Gasteiger partial charge in [-0.2, -0.15) is 0 Å². The van der Waals surface area contributed by atoms with Gasteiger partial charge in [-0.05, 0) is 24.3 Å². The van der Waals surface area contributed by atoms with Gasteiger partial charge in [-0.3, -0.25) is 4.79 Å². The van der Waals surface area contributed by atoms with Crippen molar-refractivity contribution in [3.8, 4) is 0 Å². The molecule has 0 bridgehead atoms. The fourth-order valence-corrected chi connectivity index (χ4v) is 3.67. The van der Waals surface area contributed by atoms with Crippen molar-refractivity contribution in [3.05, 3.63) is 40.8 Å². The summed E-state index contributed by atoms with van der Waals surface area (Å²) in [4.78, 5) is 13.5. The van der Waals surface area contributed by atoms with Gasteiger partial charge in [-0.1, -0.05) is 52.5 Å². The maximum Gasteiger partial charge on any atom is 0.279 e. The number of hydrogen-bond acceptors (Lipinski definition) is 3. The number of carbonyl (C=O) groups excluding carboxylic acids is 1. The zero-order chi connectivity index (χ0) is 15.8. The van der Waals surface area contributed by atoms with E-state index < -0.39 is 25.6 Å². The first-order valence-corrected chi connectivity index (χ1v) is 8.90. The van der Waals surface area contributed by atoms with Gasteiger partial charge in [-0.15, -0.1) is 0 Å². The van der Waals surface area contributed by atoms with Gasteiger partial charge in [0.25, 0.3) is 9.70 Å². The van der Waals surface area contributed by atoms with E-state index in [1.807, 2.05) is 0 Å². The number of carbonyl (C=O) groups is 1. The quantitative estimate of drug-likeness (QED) is 0.730. The molecule has 0 spiro atoms. The Morgan fingerprint density at radius 2 is 1.95 bits per heavy atom. The molecule has 1 aromatic carbocycles. The molecular weight excluding hydrogens is 380 g/mol. The third-order valence-electron chi connectivity index (χ3n) is 2.79. The summed E-state index contributed by atoms with van der Waals surface area (Å²) in [5, 5.41) is 1.42. The fourth-order valence-electron chi connectivity index (χ4n) is 1.94. The summed E-state index contributed by atoms with van der Waals surface area (Å²) in [6, 6.07) is 5.55. The van der Waals surface area contributed by atoms with E-state index in [1.54, 1.807) is 18.2 Å². The van der Waals surface area contributed by atoms with Crippen molar-refractivity contribution in [1.29, 1.82) is 0 Å². The number of alkyl halides is 3. The number of sulfone groups is 1. The number of nitrogens with zero attached hydrogens (tertiary/aromatic N) is 1. The van der Waals surface area contributed by atoms with Crippen LogP contribution in [0.1, 0.15) is 0 Å². The van der Waals surface area contributed by atoms with Crippen LogP contribution in [-0.2, 0) is 14.6 Å². The lowest BCUT2D eigenvalue weighted by Gasteiger charge is -2.30. The van der Waals surface area contributed by atoms with E-state index in [-0.39, 0.29) is 5.75 Å². The van der Waals surface area contributed by atoms with Crippen molar-refractivity contribution in [2.24, 2.45) is 0 Å². The highest BCUT2D eigenvalue weighted by Gasteiger charge is 2.41. The third kappa shape index (κ3) is 4.05. The van der Waals surface area contributed by atoms with E-state index >= 15 is 0 Å². The van der Waals surface area contributed by atoms with Gasteiger partial charge in [-0.25, -0.2) is 8.42 Å². The van der Waals surface area contributed by atoms with Crippen LogP contribution in [0.3, 0.4) is 0 Å². The second-order valence-corrected chi connectivity index (χ2v) is 9.03. The SMILES string of the molecule is O=C(N(c1cccc(Cl)c1)C1C=CS(=O)(=O)C1)C(Cl)(Cl)Cl. The predicted octanol–water partition coefficient (Wildman–Crippen LogP) is 3.35. The van der Waals surface area contributed by atoms with Crippen LogP contribution in [0.5, 0.6) is 0 Å². The first-order valence-electron chi connectivity index (χ1n) is 5.67. The third-order valence-corrected chi connectivity index (χ3v) is 4.89. The lowest BCUT2D eigenvalue weighted by Crippen LogP contribution is -2.46. The minimum absolute atomic E-state index is 0.272. The average molecular weight is 389 g/mol. The van der Waals surface area contributed by atoms with Gasteiger partial charge in [0.1, 0.15) is 0 Å². The van der Waals surface area contributed by atoms with Crippen LogP contribution in [0.4, 0.5) is 5.69 Å². The highest BCUT2D eigenvalue weighted by Crippen LogP contribution is 2.34. The number of halogens is 4. The number of hydrogen-bond donors (Lipinski definition) is 0. The molecule has 9 heteroatoms. The van der Waals surface area contributed by atoms with Crippen molar-refractivity contribution < 1.29 is 13.2 Å². The molecule has 21 heavy (non-hydrogen) atoms. The smallest absolute Gasteiger partial charge is 0.279 e. The van der Waals surface area contributed by atoms with Gasteiger partial charge in [0.15, 0.2) is 9.84 Å². The Morgan fingerprint density at radius 3 is 2.43 bits per heavy atom. The second-order valence-electron chi connectivity index (χ2n) is 4.38. The molecule has 0 fully saturated rings. The molecule has 114 valence electrons. The molecule has 0 saturated carbocycles. The molecule has 1 atom stereocenters. The van der Waals surface area contributed by atoms with Gasteiger partial charge in [0.2, 0.25) is 0 Å². The summed E-state index contributed by atoms with van der Waals surface area (Å²) in [5.41, 5.74) is 0.352. The van der Waals surface area contributed by atoms with Crippen LogP contribution in [-0.4, -0.2) is 29.9 Å². The predicted molar refractivity (Wildman–Crippen MR) is 85.9 cm³/mol. The Hall–Kier alpha value is -0.460. The number of amides is 1. The molecule has 0 aromatic heterocycles. The Balaban J connectivity index is 2.46. The number of benzene rings is 1. The minimum atomic E-state index is -3.37. The van der Waals surface area contributed by atoms with Crippen LogP contribution in [0, 0.1) is 0 Å². The fraction of sp³-hybridized carbons (Fsp3) is 0.250. The first kappa shape index (κ1) is 16.9. The molecule has 0 N–H and O–H groups in total. The zero-order valence-electron chi connectivity index (χ0n) is 10.3. The summed E-state index contributed by atoms with van der Waals surface area (Å²) in [6.07, 6.45) is 1.38. The monoisotopic (exact) mass is 387 g/mol. The van der Waals surface area contributed by atoms with E-state index in [1.165, 1.54) is 12.1 Å². The normalized spacial score (nSPS) is 20.5. The Bertz CT molecular complexity index is 697. The second kappa shape index (κ2) is 5.97. The molecule has 1 aromatic rings. The molecule has 0 radical (unpaired) electrons. The molecule has 1 aliphatic rings. The van der Waals surface area contributed by atoms with E-state index in [4.69, 9.17) is 46.4 Å². The largest absolute Gasteiger partial charge is 0.301 e. The summed E-state index contributed by atoms with van der Waals surface area (Å²) >= 11 is 22.8. The topological polar surface area (TPSA) is 54.5 Å². The average Bonchev–Trinajstić information content (AvgIpc) is 2.68. The zero-order valence-corrected chi connectivity index (χ0v) is 14.2. The maximum atomic E-state index is 12.3. The summed E-state index contributed by atoms with van der Waals surface area (Å²) in [7, 11) is -3.37. The van der Waals surface area contributed by atoms with E-state index in [2.05, 4.69) is 0 Å². The molecule has 1 aliphatic heterocycles. The Labute approximate surface area is 142 Å². The summed E-state index contributed by atoms with van der Waals surface area (Å²) < 4.78 is 20.9. The maximum absolute atomic E-state index is 12.3. The van der Waals surface area contributed by atoms with Crippen LogP contribution >= 0.6 is 46.4 Å². The van der Waals surface area contributed by atoms with E-state index in [0.29, 0.717) is 10.7 Å². The first-order chi connectivity index (χ1) is 9.60. The van der Waals surface area contributed by atoms with Crippen LogP contribution in [0.2, 0.25) is 5.02 Å². The Kier molecular flexibility index (Phi) is 4.81. The minimum Gasteiger partial charge on any atom is -0.301 e. The van der Waals surface area contributed by atoms with E-state index in [0.717, 1.165) is 10.3 Å². The van der Waals surface area contributed by atoms with Gasteiger partial charge >= 0.3 is 0 Å². The molecular formula is C12H9Cl4NO3S. The van der Waals surface area contributed by atoms with Gasteiger partial charge in [0, 0.05) is 16.1 Å². The van der Waals surface area contributed by atoms with Crippen LogP contribution < -0.4 is 4.90 Å². The van der Waals surface area contributed by atoms with Crippen molar-refractivity contribution in [2.45, 2.75) is 9.83 Å². The van der Waals surface area contributed by atoms with Crippen LogP contribution in [0.15, 0.2) is 35.7 Å². The molecule has 1 heterocycles. The van der Waals surface area contributed by atoms with Gasteiger partial charge < -0.3 is 4.90 Å². The number of anilines is 1. The molecule has 1 amide bonds. The van der Waals surface area contributed by atoms with Gasteiger partial charge in [0.05, 0.1) is 11.8 Å². The van der Waals surface area contributed by atoms with Crippen molar-refractivity contribution in [1.82, 2.24) is 0 Å². The molecule has 2 rings (SSSR count). The Morgan fingerprint density at radius 1 is 1.29 bits per heavy atom. The molecule has 0 saturated heterocycles. The summed E-state index contributed by atoms with van der Waals surface area (Å²) in [6.45, 7) is 0. The van der Waals surface area contributed by atoms with Crippen molar-refractivity contribution in [3.63, 3.8) is 0 Å². The lowest BCUT2D eigenvalue weighted by atomic mass is 10.2. The standard InChI is InChI=1S/C12H9Cl4NO3S/c13-8-2-1-3-9(6-8)17(11(18)12(14,15)16)10-4-5-21(19,20)7-10/h1-6,10H,7H2.